The van der Waals surface area contributed by atoms with Crippen molar-refractivity contribution in [1.82, 2.24) is 0 Å². The maximum Gasteiger partial charge on any atom is 0.483 e. The van der Waals surface area contributed by atoms with Gasteiger partial charge in [-0.25, -0.2) is 0 Å². The lowest BCUT2D eigenvalue weighted by molar-refractivity contribution is -0.137. The molecule has 0 atom stereocenters. The van der Waals surface area contributed by atoms with E-state index in [9.17, 15) is 13.2 Å². The number of hydrogen-bond donors (Lipinski definition) is 0. The molecule has 22 heavy (non-hydrogen) atoms. The van der Waals surface area contributed by atoms with Gasteiger partial charge in [-0.3, -0.25) is 0 Å². The minimum atomic E-state index is -4.27. The first kappa shape index (κ1) is 19.2. The van der Waals surface area contributed by atoms with E-state index in [0.717, 1.165) is 37.3 Å². The number of alkyl halides is 3. The highest BCUT2D eigenvalue weighted by Crippen LogP contribution is 2.29. The molecular formula is C15H23F3O3Si. The molecule has 0 bridgehead atoms. The van der Waals surface area contributed by atoms with Crippen LogP contribution in [0.5, 0.6) is 0 Å². The molecule has 0 aliphatic carbocycles. The number of unbranched alkanes of at least 4 members (excludes halogenated alkanes) is 3. The van der Waals surface area contributed by atoms with E-state index in [0.29, 0.717) is 13.0 Å². The third-order valence-electron chi connectivity index (χ3n) is 3.25. The quantitative estimate of drug-likeness (QED) is 0.480. The monoisotopic (exact) mass is 336 g/mol. The smallest absolute Gasteiger partial charge is 0.379 e. The van der Waals surface area contributed by atoms with Crippen LogP contribution in [-0.4, -0.2) is 30.4 Å². The summed E-state index contributed by atoms with van der Waals surface area (Å²) in [6.07, 6.45) is 0.115. The molecule has 126 valence electrons. The average Bonchev–Trinajstić information content (AvgIpc) is 2.49. The zero-order valence-corrected chi connectivity index (χ0v) is 14.1. The molecule has 1 aromatic carbocycles. The Morgan fingerprint density at radius 1 is 1.00 bits per heavy atom. The Labute approximate surface area is 131 Å². The minimum Gasteiger partial charge on any atom is -0.379 e. The summed E-state index contributed by atoms with van der Waals surface area (Å²) in [4.78, 5) is 0. The van der Waals surface area contributed by atoms with Gasteiger partial charge < -0.3 is 13.3 Å². The highest BCUT2D eigenvalue weighted by molar-refractivity contribution is 6.36. The van der Waals surface area contributed by atoms with Gasteiger partial charge in [0.25, 0.3) is 0 Å². The highest BCUT2D eigenvalue weighted by Gasteiger charge is 2.30. The molecule has 3 nitrogen and oxygen atoms in total. The van der Waals surface area contributed by atoms with Gasteiger partial charge in [0.15, 0.2) is 0 Å². The van der Waals surface area contributed by atoms with Gasteiger partial charge in [0.2, 0.25) is 0 Å². The SMILES string of the molecule is CO[SiH](OC)OCCCCCCc1cccc(C(F)(F)F)c1. The molecule has 7 heteroatoms. The van der Waals surface area contributed by atoms with Crippen LogP contribution in [0.1, 0.15) is 36.8 Å². The minimum absolute atomic E-state index is 0.575. The van der Waals surface area contributed by atoms with Gasteiger partial charge >= 0.3 is 15.7 Å². The van der Waals surface area contributed by atoms with Crippen molar-refractivity contribution in [2.45, 2.75) is 38.3 Å². The zero-order valence-electron chi connectivity index (χ0n) is 13.0. The van der Waals surface area contributed by atoms with E-state index in [4.69, 9.17) is 13.3 Å². The lowest BCUT2D eigenvalue weighted by atomic mass is 10.0. The third-order valence-corrected chi connectivity index (χ3v) is 4.53. The molecule has 0 N–H and O–H groups in total. The summed E-state index contributed by atoms with van der Waals surface area (Å²) in [6.45, 7) is 0.599. The largest absolute Gasteiger partial charge is 0.483 e. The Morgan fingerprint density at radius 3 is 2.32 bits per heavy atom. The first-order chi connectivity index (χ1) is 10.5. The number of hydrogen-bond acceptors (Lipinski definition) is 3. The summed E-state index contributed by atoms with van der Waals surface area (Å²) in [6, 6.07) is 5.54. The second kappa shape index (κ2) is 9.99. The Kier molecular flexibility index (Phi) is 8.70. The van der Waals surface area contributed by atoms with Crippen molar-refractivity contribution in [3.8, 4) is 0 Å². The van der Waals surface area contributed by atoms with Crippen molar-refractivity contribution in [3.63, 3.8) is 0 Å². The van der Waals surface area contributed by atoms with Crippen LogP contribution in [0.15, 0.2) is 24.3 Å². The van der Waals surface area contributed by atoms with Crippen molar-refractivity contribution < 1.29 is 26.4 Å². The molecule has 0 aliphatic rings. The first-order valence-electron chi connectivity index (χ1n) is 7.30. The molecule has 0 aromatic heterocycles. The zero-order chi connectivity index (χ0) is 16.4. The molecule has 0 fully saturated rings. The van der Waals surface area contributed by atoms with E-state index in [1.165, 1.54) is 12.1 Å². The summed E-state index contributed by atoms with van der Waals surface area (Å²) in [5.41, 5.74) is 0.158. The predicted molar refractivity (Wildman–Crippen MR) is 80.7 cm³/mol. The summed E-state index contributed by atoms with van der Waals surface area (Å²) >= 11 is 0. The lowest BCUT2D eigenvalue weighted by Crippen LogP contribution is -2.24. The molecule has 0 amide bonds. The Hall–Kier alpha value is -0.893. The molecular weight excluding hydrogens is 313 g/mol. The van der Waals surface area contributed by atoms with Crippen LogP contribution in [0.4, 0.5) is 13.2 Å². The first-order valence-corrected chi connectivity index (χ1v) is 8.72. The van der Waals surface area contributed by atoms with Crippen LogP contribution in [0.3, 0.4) is 0 Å². The second-order valence-electron chi connectivity index (χ2n) is 4.99. The summed E-state index contributed by atoms with van der Waals surface area (Å²) in [7, 11) is 1.20. The van der Waals surface area contributed by atoms with Crippen LogP contribution in [0.25, 0.3) is 0 Å². The normalized spacial score (nSPS) is 12.1. The van der Waals surface area contributed by atoms with Crippen LogP contribution in [-0.2, 0) is 25.9 Å². The summed E-state index contributed by atoms with van der Waals surface area (Å²) in [5.74, 6) is 0. The molecule has 0 radical (unpaired) electrons. The van der Waals surface area contributed by atoms with Crippen molar-refractivity contribution >= 4 is 9.53 Å². The van der Waals surface area contributed by atoms with Crippen molar-refractivity contribution in [2.75, 3.05) is 20.8 Å². The van der Waals surface area contributed by atoms with E-state index >= 15 is 0 Å². The Balaban J connectivity index is 2.17. The van der Waals surface area contributed by atoms with E-state index < -0.39 is 21.3 Å². The maximum absolute atomic E-state index is 12.6. The van der Waals surface area contributed by atoms with Gasteiger partial charge in [-0.2, -0.15) is 13.2 Å². The fraction of sp³-hybridized carbons (Fsp3) is 0.600. The van der Waals surface area contributed by atoms with Crippen molar-refractivity contribution in [2.24, 2.45) is 0 Å². The Bertz CT molecular complexity index is 423. The number of halogens is 3. The van der Waals surface area contributed by atoms with E-state index in [1.54, 1.807) is 20.3 Å². The third kappa shape index (κ3) is 7.39. The van der Waals surface area contributed by atoms with Crippen LogP contribution >= 0.6 is 0 Å². The van der Waals surface area contributed by atoms with Gasteiger partial charge in [0.05, 0.1) is 5.56 Å². The standard InChI is InChI=1S/C15H23F3O3Si/c1-19-22(20-2)21-11-6-4-3-5-8-13-9-7-10-14(12-13)15(16,17)18/h7,9-10,12,22H,3-6,8,11H2,1-2H3. The molecule has 1 aromatic rings. The van der Waals surface area contributed by atoms with Crippen LogP contribution in [0.2, 0.25) is 0 Å². The van der Waals surface area contributed by atoms with E-state index in [1.807, 2.05) is 0 Å². The number of rotatable bonds is 10. The topological polar surface area (TPSA) is 27.7 Å². The van der Waals surface area contributed by atoms with Gasteiger partial charge in [0.1, 0.15) is 0 Å². The molecule has 0 saturated carbocycles. The van der Waals surface area contributed by atoms with Crippen molar-refractivity contribution in [3.05, 3.63) is 35.4 Å². The number of benzene rings is 1. The fourth-order valence-electron chi connectivity index (χ4n) is 2.10. The predicted octanol–water partition coefficient (Wildman–Crippen LogP) is 3.83. The maximum atomic E-state index is 12.6. The van der Waals surface area contributed by atoms with E-state index in [2.05, 4.69) is 0 Å². The highest BCUT2D eigenvalue weighted by atomic mass is 28.3. The fourth-order valence-corrected chi connectivity index (χ4v) is 2.92. The lowest BCUT2D eigenvalue weighted by Gasteiger charge is -2.11. The van der Waals surface area contributed by atoms with Crippen molar-refractivity contribution in [1.29, 1.82) is 0 Å². The molecule has 0 saturated heterocycles. The van der Waals surface area contributed by atoms with Crippen LogP contribution < -0.4 is 0 Å². The van der Waals surface area contributed by atoms with Gasteiger partial charge in [-0.15, -0.1) is 0 Å². The number of aryl methyl sites for hydroxylation is 1. The molecule has 0 aliphatic heterocycles. The van der Waals surface area contributed by atoms with Crippen LogP contribution in [0, 0.1) is 0 Å². The van der Waals surface area contributed by atoms with Gasteiger partial charge in [-0.05, 0) is 30.9 Å². The second-order valence-corrected chi connectivity index (χ2v) is 6.85. The van der Waals surface area contributed by atoms with Gasteiger partial charge in [-0.1, -0.05) is 31.0 Å². The molecule has 1 rings (SSSR count). The summed E-state index contributed by atoms with van der Waals surface area (Å²) in [5, 5.41) is 0. The Morgan fingerprint density at radius 2 is 1.68 bits per heavy atom. The summed E-state index contributed by atoms with van der Waals surface area (Å²) < 4.78 is 53.2. The molecule has 0 unspecified atom stereocenters. The molecule has 0 spiro atoms. The van der Waals surface area contributed by atoms with Gasteiger partial charge in [0, 0.05) is 20.8 Å². The van der Waals surface area contributed by atoms with E-state index in [-0.39, 0.29) is 0 Å². The molecule has 0 heterocycles. The average molecular weight is 336 g/mol.